The highest BCUT2D eigenvalue weighted by Gasteiger charge is 2.36. The molecule has 0 aliphatic heterocycles. The second kappa shape index (κ2) is 14.0. The number of ether oxygens (including phenoxy) is 2. The van der Waals surface area contributed by atoms with Crippen molar-refractivity contribution in [2.45, 2.75) is 32.1 Å². The highest BCUT2D eigenvalue weighted by atomic mass is 16.6. The summed E-state index contributed by atoms with van der Waals surface area (Å²) >= 11 is 0. The molecule has 14 nitrogen and oxygen atoms in total. The van der Waals surface area contributed by atoms with E-state index in [2.05, 4.69) is 15.4 Å². The lowest BCUT2D eigenvalue weighted by Gasteiger charge is -2.33. The lowest BCUT2D eigenvalue weighted by molar-refractivity contribution is -0.384. The summed E-state index contributed by atoms with van der Waals surface area (Å²) in [5.41, 5.74) is 5.88. The number of carbonyl (C=O) groups excluding carboxylic acids is 2. The van der Waals surface area contributed by atoms with E-state index >= 15 is 0 Å². The molecule has 0 bridgehead atoms. The first-order valence-corrected chi connectivity index (χ1v) is 15.2. The predicted molar refractivity (Wildman–Crippen MR) is 179 cm³/mol. The third-order valence-corrected chi connectivity index (χ3v) is 8.20. The van der Waals surface area contributed by atoms with Crippen molar-refractivity contribution in [3.8, 4) is 0 Å². The van der Waals surface area contributed by atoms with E-state index in [-0.39, 0.29) is 24.6 Å². The molecule has 0 aliphatic carbocycles. The molecule has 248 valence electrons. The minimum absolute atomic E-state index is 0.0738. The minimum atomic E-state index is -0.955. The quantitative estimate of drug-likeness (QED) is 0.0996. The number of nitro groups is 2. The van der Waals surface area contributed by atoms with Gasteiger partial charge in [0.15, 0.2) is 0 Å². The van der Waals surface area contributed by atoms with Gasteiger partial charge in [-0.25, -0.2) is 20.0 Å². The van der Waals surface area contributed by atoms with E-state index in [0.717, 1.165) is 10.6 Å². The number of hydrazine groups is 1. The number of nitrogens with zero attached hydrogens (tertiary/aromatic N) is 3. The van der Waals surface area contributed by atoms with Gasteiger partial charge in [0.1, 0.15) is 13.2 Å². The molecule has 0 unspecified atom stereocenters. The Labute approximate surface area is 278 Å². The first-order valence-electron chi connectivity index (χ1n) is 15.2. The van der Waals surface area contributed by atoms with Gasteiger partial charge in [-0.2, -0.15) is 0 Å². The van der Waals surface area contributed by atoms with Crippen molar-refractivity contribution in [3.05, 3.63) is 152 Å². The Balaban J connectivity index is 1.44. The summed E-state index contributed by atoms with van der Waals surface area (Å²) in [7, 11) is 0. The summed E-state index contributed by atoms with van der Waals surface area (Å²) in [5, 5.41) is 25.5. The van der Waals surface area contributed by atoms with E-state index in [0.29, 0.717) is 38.5 Å². The van der Waals surface area contributed by atoms with Crippen LogP contribution in [0.1, 0.15) is 35.1 Å². The van der Waals surface area contributed by atoms with Crippen molar-refractivity contribution in [1.29, 1.82) is 0 Å². The van der Waals surface area contributed by atoms with Crippen LogP contribution >= 0.6 is 0 Å². The number of benzene rings is 4. The number of hydrogen-bond donors (Lipinski definition) is 3. The standard InChI is InChI=1S/C35H30N6O8/c1-22(39(35(43)49-21-24-10-6-3-7-11-24)38-34(42)48-20-23-8-4-2-5-9-23)33(29-18-36-31-14-12-25(40(44)45)16-27(29)31)30-19-37-32-15-13-26(41(46)47)17-28(30)32/h2-19,22,33,36-37H,20-21H2,1H3,(H,38,42)/t22-/m0/s1. The van der Waals surface area contributed by atoms with Gasteiger partial charge in [-0.15, -0.1) is 0 Å². The number of hydrogen-bond acceptors (Lipinski definition) is 8. The van der Waals surface area contributed by atoms with Crippen molar-refractivity contribution < 1.29 is 28.9 Å². The average Bonchev–Trinajstić information content (AvgIpc) is 3.73. The molecule has 6 rings (SSSR count). The maximum Gasteiger partial charge on any atom is 0.429 e. The Hall–Kier alpha value is -6.70. The fourth-order valence-corrected chi connectivity index (χ4v) is 5.79. The van der Waals surface area contributed by atoms with E-state index < -0.39 is 34.0 Å². The summed E-state index contributed by atoms with van der Waals surface area (Å²) in [6.45, 7) is 1.49. The molecule has 1 atom stereocenters. The van der Waals surface area contributed by atoms with Gasteiger partial charge < -0.3 is 19.4 Å². The Morgan fingerprint density at radius 3 is 1.67 bits per heavy atom. The molecule has 0 saturated carbocycles. The maximum absolute atomic E-state index is 13.9. The molecule has 14 heteroatoms. The zero-order valence-electron chi connectivity index (χ0n) is 26.1. The number of aromatic nitrogens is 2. The van der Waals surface area contributed by atoms with Crippen LogP contribution in [0.15, 0.2) is 109 Å². The molecular weight excluding hydrogens is 632 g/mol. The van der Waals surface area contributed by atoms with Crippen LogP contribution in [0.25, 0.3) is 21.8 Å². The number of carbonyl (C=O) groups is 2. The van der Waals surface area contributed by atoms with Gasteiger partial charge in [-0.3, -0.25) is 20.2 Å². The third-order valence-electron chi connectivity index (χ3n) is 8.20. The van der Waals surface area contributed by atoms with Gasteiger partial charge in [-0.05, 0) is 41.3 Å². The number of H-pyrrole nitrogens is 2. The number of aromatic amines is 2. The number of fused-ring (bicyclic) bond motifs is 2. The average molecular weight is 663 g/mol. The molecule has 2 aromatic heterocycles. The lowest BCUT2D eigenvalue weighted by atomic mass is 9.85. The predicted octanol–water partition coefficient (Wildman–Crippen LogP) is 7.47. The Kier molecular flexibility index (Phi) is 9.19. The second-order valence-corrected chi connectivity index (χ2v) is 11.3. The van der Waals surface area contributed by atoms with Crippen LogP contribution in [0.3, 0.4) is 0 Å². The van der Waals surface area contributed by atoms with Gasteiger partial charge >= 0.3 is 12.2 Å². The molecule has 0 radical (unpaired) electrons. The first-order chi connectivity index (χ1) is 23.7. The Morgan fingerprint density at radius 2 is 1.20 bits per heavy atom. The topological polar surface area (TPSA) is 186 Å². The minimum Gasteiger partial charge on any atom is -0.443 e. The highest BCUT2D eigenvalue weighted by molar-refractivity contribution is 5.90. The molecule has 6 aromatic rings. The molecule has 0 spiro atoms. The maximum atomic E-state index is 13.9. The van der Waals surface area contributed by atoms with Crippen LogP contribution in [0, 0.1) is 20.2 Å². The fourth-order valence-electron chi connectivity index (χ4n) is 5.79. The van der Waals surface area contributed by atoms with Crippen LogP contribution in [0.2, 0.25) is 0 Å². The number of rotatable bonds is 10. The van der Waals surface area contributed by atoms with Crippen LogP contribution < -0.4 is 5.43 Å². The SMILES string of the molecule is C[C@@H](C(c1c[nH]c2ccc([N+](=O)[O-])cc12)c1c[nH]c2ccc([N+](=O)[O-])cc12)N(NC(=O)OCc1ccccc1)C(=O)OCc1ccccc1. The van der Waals surface area contributed by atoms with Crippen LogP contribution in [0.5, 0.6) is 0 Å². The van der Waals surface area contributed by atoms with Gasteiger partial charge in [0.25, 0.3) is 11.4 Å². The number of nitro benzene ring substituents is 2. The zero-order valence-corrected chi connectivity index (χ0v) is 26.1. The van der Waals surface area contributed by atoms with Crippen LogP contribution in [-0.2, 0) is 22.7 Å². The molecule has 49 heavy (non-hydrogen) atoms. The smallest absolute Gasteiger partial charge is 0.429 e. The van der Waals surface area contributed by atoms with Crippen molar-refractivity contribution in [2.24, 2.45) is 0 Å². The fraction of sp³-hybridized carbons (Fsp3) is 0.143. The van der Waals surface area contributed by atoms with Crippen molar-refractivity contribution in [3.63, 3.8) is 0 Å². The summed E-state index contributed by atoms with van der Waals surface area (Å²) in [5.74, 6) is -0.829. The van der Waals surface area contributed by atoms with Crippen molar-refractivity contribution in [2.75, 3.05) is 0 Å². The van der Waals surface area contributed by atoms with Gasteiger partial charge in [-0.1, -0.05) is 60.7 Å². The Bertz CT molecular complexity index is 2060. The molecule has 0 saturated heterocycles. The third kappa shape index (κ3) is 7.02. The van der Waals surface area contributed by atoms with E-state index in [4.69, 9.17) is 9.47 Å². The number of nitrogens with one attached hydrogen (secondary N) is 3. The van der Waals surface area contributed by atoms with Crippen LogP contribution in [-0.4, -0.2) is 43.1 Å². The normalized spacial score (nSPS) is 11.7. The van der Waals surface area contributed by atoms with Crippen molar-refractivity contribution in [1.82, 2.24) is 20.4 Å². The highest BCUT2D eigenvalue weighted by Crippen LogP contribution is 2.40. The summed E-state index contributed by atoms with van der Waals surface area (Å²) in [6, 6.07) is 25.7. The summed E-state index contributed by atoms with van der Waals surface area (Å²) in [6.07, 6.45) is 1.48. The monoisotopic (exact) mass is 662 g/mol. The van der Waals surface area contributed by atoms with Gasteiger partial charge in [0.05, 0.1) is 15.9 Å². The van der Waals surface area contributed by atoms with E-state index in [1.54, 1.807) is 80.0 Å². The molecule has 4 aromatic carbocycles. The lowest BCUT2D eigenvalue weighted by Crippen LogP contribution is -2.53. The molecular formula is C35H30N6O8. The Morgan fingerprint density at radius 1 is 0.735 bits per heavy atom. The van der Waals surface area contributed by atoms with Crippen molar-refractivity contribution >= 4 is 45.4 Å². The largest absolute Gasteiger partial charge is 0.443 e. The van der Waals surface area contributed by atoms with E-state index in [1.807, 2.05) is 12.1 Å². The second-order valence-electron chi connectivity index (χ2n) is 11.3. The molecule has 3 N–H and O–H groups in total. The molecule has 0 fully saturated rings. The number of amides is 2. The van der Waals surface area contributed by atoms with Gasteiger partial charge in [0, 0.05) is 64.4 Å². The summed E-state index contributed by atoms with van der Waals surface area (Å²) < 4.78 is 11.1. The molecule has 2 heterocycles. The first kappa shape index (κ1) is 32.2. The van der Waals surface area contributed by atoms with Gasteiger partial charge in [0.2, 0.25) is 0 Å². The van der Waals surface area contributed by atoms with E-state index in [1.165, 1.54) is 24.3 Å². The zero-order chi connectivity index (χ0) is 34.5. The number of non-ortho nitro benzene ring substituents is 2. The van der Waals surface area contributed by atoms with Crippen LogP contribution in [0.4, 0.5) is 21.0 Å². The molecule has 2 amide bonds. The van der Waals surface area contributed by atoms with E-state index in [9.17, 15) is 29.8 Å². The molecule has 0 aliphatic rings. The summed E-state index contributed by atoms with van der Waals surface area (Å²) in [4.78, 5) is 55.8.